The zero-order chi connectivity index (χ0) is 16.8. The van der Waals surface area contributed by atoms with Crippen LogP contribution in [0.4, 0.5) is 0 Å². The van der Waals surface area contributed by atoms with Crippen molar-refractivity contribution < 1.29 is 9.53 Å². The first-order chi connectivity index (χ1) is 11.0. The fraction of sp³-hybridized carbons (Fsp3) is 0.316. The molecule has 0 bridgehead atoms. The van der Waals surface area contributed by atoms with Crippen molar-refractivity contribution in [3.63, 3.8) is 0 Å². The molecule has 0 aliphatic heterocycles. The first-order valence-electron chi connectivity index (χ1n) is 7.73. The van der Waals surface area contributed by atoms with Gasteiger partial charge in [0.15, 0.2) is 0 Å². The van der Waals surface area contributed by atoms with Crippen LogP contribution in [0.2, 0.25) is 0 Å². The summed E-state index contributed by atoms with van der Waals surface area (Å²) < 4.78 is 5.51. The van der Waals surface area contributed by atoms with E-state index in [0.717, 1.165) is 16.9 Å². The number of hydrogen-bond donors (Lipinski definition) is 1. The van der Waals surface area contributed by atoms with Crippen molar-refractivity contribution in [1.29, 1.82) is 0 Å². The van der Waals surface area contributed by atoms with Crippen molar-refractivity contribution in [3.05, 3.63) is 59.2 Å². The van der Waals surface area contributed by atoms with Gasteiger partial charge in [0.1, 0.15) is 5.75 Å². The molecule has 0 saturated carbocycles. The highest BCUT2D eigenvalue weighted by molar-refractivity contribution is 7.98. The lowest BCUT2D eigenvalue weighted by molar-refractivity contribution is 0.0939. The molecule has 1 atom stereocenters. The van der Waals surface area contributed by atoms with Crippen LogP contribution in [-0.4, -0.2) is 18.8 Å². The van der Waals surface area contributed by atoms with E-state index in [1.165, 1.54) is 4.90 Å². The lowest BCUT2D eigenvalue weighted by Crippen LogP contribution is -2.26. The number of ether oxygens (including phenoxy) is 1. The summed E-state index contributed by atoms with van der Waals surface area (Å²) in [5, 5.41) is 3.04. The van der Waals surface area contributed by atoms with E-state index in [2.05, 4.69) is 35.8 Å². The van der Waals surface area contributed by atoms with Crippen LogP contribution in [0.1, 0.15) is 41.4 Å². The van der Waals surface area contributed by atoms with E-state index >= 15 is 0 Å². The summed E-state index contributed by atoms with van der Waals surface area (Å²) >= 11 is 1.71. The van der Waals surface area contributed by atoms with Crippen molar-refractivity contribution in [1.82, 2.24) is 5.32 Å². The lowest BCUT2D eigenvalue weighted by atomic mass is 10.1. The van der Waals surface area contributed by atoms with Gasteiger partial charge in [-0.3, -0.25) is 4.79 Å². The average molecular weight is 329 g/mol. The van der Waals surface area contributed by atoms with Gasteiger partial charge in [0.05, 0.1) is 12.6 Å². The average Bonchev–Trinajstić information content (AvgIpc) is 2.56. The smallest absolute Gasteiger partial charge is 0.251 e. The molecule has 122 valence electrons. The second-order valence-corrected chi connectivity index (χ2v) is 6.26. The Bertz CT molecular complexity index is 668. The topological polar surface area (TPSA) is 38.3 Å². The molecule has 0 unspecified atom stereocenters. The number of benzene rings is 2. The third-order valence-corrected chi connectivity index (χ3v) is 4.44. The van der Waals surface area contributed by atoms with Crippen molar-refractivity contribution in [2.24, 2.45) is 0 Å². The highest BCUT2D eigenvalue weighted by Gasteiger charge is 2.12. The highest BCUT2D eigenvalue weighted by atomic mass is 32.2. The monoisotopic (exact) mass is 329 g/mol. The third-order valence-electron chi connectivity index (χ3n) is 3.70. The normalized spacial score (nSPS) is 11.8. The van der Waals surface area contributed by atoms with Gasteiger partial charge in [0.25, 0.3) is 5.91 Å². The Labute approximate surface area is 142 Å². The van der Waals surface area contributed by atoms with Crippen molar-refractivity contribution in [2.75, 3.05) is 12.9 Å². The molecule has 0 saturated heterocycles. The molecule has 1 N–H and O–H groups in total. The molecule has 0 aliphatic carbocycles. The quantitative estimate of drug-likeness (QED) is 0.787. The molecular formula is C19H23NO2S. The summed E-state index contributed by atoms with van der Waals surface area (Å²) in [6.45, 7) is 6.51. The summed E-state index contributed by atoms with van der Waals surface area (Å²) in [6, 6.07) is 13.7. The minimum Gasteiger partial charge on any atom is -0.494 e. The number of amides is 1. The standard InChI is InChI=1S/C19H23NO2S/c1-5-22-18-11-8-16(12-13(18)2)19(21)20-14(3)15-6-9-17(23-4)10-7-15/h6-12,14H,5H2,1-4H3,(H,20,21)/t14-/m1/s1. The van der Waals surface area contributed by atoms with Crippen LogP contribution in [0.15, 0.2) is 47.4 Å². The number of hydrogen-bond acceptors (Lipinski definition) is 3. The molecule has 0 aromatic heterocycles. The molecule has 0 aliphatic rings. The molecule has 2 aromatic rings. The fourth-order valence-corrected chi connectivity index (χ4v) is 2.77. The first-order valence-corrected chi connectivity index (χ1v) is 8.96. The van der Waals surface area contributed by atoms with Gasteiger partial charge in [-0.1, -0.05) is 12.1 Å². The predicted octanol–water partition coefficient (Wildman–Crippen LogP) is 4.61. The van der Waals surface area contributed by atoms with Gasteiger partial charge in [0.2, 0.25) is 0 Å². The Morgan fingerprint density at radius 3 is 2.48 bits per heavy atom. The van der Waals surface area contributed by atoms with Gasteiger partial charge in [-0.15, -0.1) is 11.8 Å². The molecule has 0 spiro atoms. The van der Waals surface area contributed by atoms with Gasteiger partial charge >= 0.3 is 0 Å². The van der Waals surface area contributed by atoms with E-state index in [0.29, 0.717) is 12.2 Å². The molecule has 23 heavy (non-hydrogen) atoms. The van der Waals surface area contributed by atoms with E-state index in [1.54, 1.807) is 17.8 Å². The zero-order valence-corrected chi connectivity index (χ0v) is 14.9. The largest absolute Gasteiger partial charge is 0.494 e. The molecule has 3 nitrogen and oxygen atoms in total. The molecule has 2 aromatic carbocycles. The van der Waals surface area contributed by atoms with E-state index in [9.17, 15) is 4.79 Å². The number of carbonyl (C=O) groups is 1. The Kier molecular flexibility index (Phi) is 6.11. The molecule has 0 fully saturated rings. The van der Waals surface area contributed by atoms with Crippen molar-refractivity contribution in [2.45, 2.75) is 31.7 Å². The van der Waals surface area contributed by atoms with Gasteiger partial charge in [0, 0.05) is 10.5 Å². The molecule has 4 heteroatoms. The van der Waals surface area contributed by atoms with Crippen molar-refractivity contribution in [3.8, 4) is 5.75 Å². The number of nitrogens with one attached hydrogen (secondary N) is 1. The Morgan fingerprint density at radius 1 is 1.22 bits per heavy atom. The minimum atomic E-state index is -0.0717. The maximum Gasteiger partial charge on any atom is 0.251 e. The van der Waals surface area contributed by atoms with Gasteiger partial charge in [-0.2, -0.15) is 0 Å². The summed E-state index contributed by atoms with van der Waals surface area (Å²) in [5.41, 5.74) is 2.72. The summed E-state index contributed by atoms with van der Waals surface area (Å²) in [6.07, 6.45) is 2.05. The van der Waals surface area contributed by atoms with E-state index in [4.69, 9.17) is 4.74 Å². The Hall–Kier alpha value is -1.94. The van der Waals surface area contributed by atoms with Gasteiger partial charge in [-0.25, -0.2) is 0 Å². The van der Waals surface area contributed by atoms with E-state index in [1.807, 2.05) is 32.9 Å². The van der Waals surface area contributed by atoms with Gasteiger partial charge < -0.3 is 10.1 Å². The first kappa shape index (κ1) is 17.4. The number of aryl methyl sites for hydroxylation is 1. The zero-order valence-electron chi connectivity index (χ0n) is 14.1. The summed E-state index contributed by atoms with van der Waals surface area (Å²) in [7, 11) is 0. The SMILES string of the molecule is CCOc1ccc(C(=O)N[C@H](C)c2ccc(SC)cc2)cc1C. The van der Waals surface area contributed by atoms with E-state index < -0.39 is 0 Å². The van der Waals surface area contributed by atoms with E-state index in [-0.39, 0.29) is 11.9 Å². The maximum absolute atomic E-state index is 12.4. The van der Waals surface area contributed by atoms with Gasteiger partial charge in [-0.05, 0) is 68.5 Å². The predicted molar refractivity (Wildman–Crippen MR) is 96.5 cm³/mol. The molecule has 1 amide bonds. The lowest BCUT2D eigenvalue weighted by Gasteiger charge is -2.15. The van der Waals surface area contributed by atoms with Crippen LogP contribution in [-0.2, 0) is 0 Å². The molecule has 0 radical (unpaired) electrons. The third kappa shape index (κ3) is 4.52. The summed E-state index contributed by atoms with van der Waals surface area (Å²) in [4.78, 5) is 13.6. The second-order valence-electron chi connectivity index (χ2n) is 5.38. The van der Waals surface area contributed by atoms with Crippen LogP contribution in [0.5, 0.6) is 5.75 Å². The second kappa shape index (κ2) is 8.06. The number of rotatable bonds is 6. The van der Waals surface area contributed by atoms with Crippen LogP contribution in [0, 0.1) is 6.92 Å². The summed E-state index contributed by atoms with van der Waals surface area (Å²) in [5.74, 6) is 0.752. The van der Waals surface area contributed by atoms with Crippen LogP contribution < -0.4 is 10.1 Å². The molecular weight excluding hydrogens is 306 g/mol. The highest BCUT2D eigenvalue weighted by Crippen LogP contribution is 2.21. The molecule has 0 heterocycles. The Balaban J connectivity index is 2.06. The van der Waals surface area contributed by atoms with Crippen LogP contribution in [0.3, 0.4) is 0 Å². The Morgan fingerprint density at radius 2 is 1.91 bits per heavy atom. The van der Waals surface area contributed by atoms with Crippen molar-refractivity contribution >= 4 is 17.7 Å². The van der Waals surface area contributed by atoms with Crippen LogP contribution >= 0.6 is 11.8 Å². The molecule has 2 rings (SSSR count). The fourth-order valence-electron chi connectivity index (χ4n) is 2.36. The number of thioether (sulfide) groups is 1. The number of carbonyl (C=O) groups excluding carboxylic acids is 1. The van der Waals surface area contributed by atoms with Crippen LogP contribution in [0.25, 0.3) is 0 Å². The maximum atomic E-state index is 12.4. The minimum absolute atomic E-state index is 0.0368.